The predicted octanol–water partition coefficient (Wildman–Crippen LogP) is 0.113. The molecule has 1 aliphatic heterocycles. The van der Waals surface area contributed by atoms with Crippen molar-refractivity contribution >= 4 is 0 Å². The quantitative estimate of drug-likeness (QED) is 0.556. The molecule has 0 aromatic heterocycles. The van der Waals surface area contributed by atoms with Crippen molar-refractivity contribution in [2.24, 2.45) is 5.84 Å². The normalized spacial score (nSPS) is 35.1. The Kier molecular flexibility index (Phi) is 1.64. The molecule has 0 aromatic rings. The molecule has 1 saturated carbocycles. The van der Waals surface area contributed by atoms with E-state index < -0.39 is 0 Å². The Labute approximate surface area is 61.1 Å². The van der Waals surface area contributed by atoms with Gasteiger partial charge in [0.05, 0.1) is 12.2 Å². The molecule has 2 rings (SSSR count). The van der Waals surface area contributed by atoms with E-state index in [9.17, 15) is 0 Å². The van der Waals surface area contributed by atoms with Gasteiger partial charge >= 0.3 is 0 Å². The number of hydrogen-bond acceptors (Lipinski definition) is 3. The van der Waals surface area contributed by atoms with Gasteiger partial charge in [-0.3, -0.25) is 5.84 Å². The molecule has 10 heavy (non-hydrogen) atoms. The molecule has 1 unspecified atom stereocenters. The van der Waals surface area contributed by atoms with Gasteiger partial charge < -0.3 is 4.74 Å². The van der Waals surface area contributed by atoms with Gasteiger partial charge in [-0.1, -0.05) is 0 Å². The highest BCUT2D eigenvalue weighted by atomic mass is 16.5. The van der Waals surface area contributed by atoms with Gasteiger partial charge in [-0.25, -0.2) is 5.01 Å². The molecule has 3 nitrogen and oxygen atoms in total. The van der Waals surface area contributed by atoms with E-state index in [1.807, 2.05) is 5.01 Å². The molecule has 1 saturated heterocycles. The van der Waals surface area contributed by atoms with Gasteiger partial charge in [-0.2, -0.15) is 0 Å². The largest absolute Gasteiger partial charge is 0.374 e. The molecular formula is C7H14N2O. The lowest BCUT2D eigenvalue weighted by Crippen LogP contribution is -2.29. The van der Waals surface area contributed by atoms with Crippen LogP contribution < -0.4 is 5.84 Å². The summed E-state index contributed by atoms with van der Waals surface area (Å²) in [6.45, 7) is 1.92. The minimum atomic E-state index is 0.428. The molecule has 2 N–H and O–H groups in total. The lowest BCUT2D eigenvalue weighted by Gasteiger charge is -2.10. The van der Waals surface area contributed by atoms with Crippen LogP contribution in [-0.2, 0) is 4.74 Å². The van der Waals surface area contributed by atoms with Crippen LogP contribution >= 0.6 is 0 Å². The fourth-order valence-electron chi connectivity index (χ4n) is 1.34. The van der Waals surface area contributed by atoms with Crippen LogP contribution in [0.3, 0.4) is 0 Å². The third kappa shape index (κ3) is 1.48. The Hall–Kier alpha value is -0.120. The number of hydrogen-bond donors (Lipinski definition) is 1. The first-order valence-corrected chi connectivity index (χ1v) is 4.00. The van der Waals surface area contributed by atoms with E-state index in [-0.39, 0.29) is 0 Å². The first-order valence-electron chi connectivity index (χ1n) is 4.00. The fourth-order valence-corrected chi connectivity index (χ4v) is 1.34. The Morgan fingerprint density at radius 1 is 1.20 bits per heavy atom. The molecule has 1 aliphatic carbocycles. The fraction of sp³-hybridized carbons (Fsp3) is 1.00. The first kappa shape index (κ1) is 6.58. The van der Waals surface area contributed by atoms with Gasteiger partial charge in [0.15, 0.2) is 0 Å². The second-order valence-electron chi connectivity index (χ2n) is 3.24. The minimum absolute atomic E-state index is 0.428. The van der Waals surface area contributed by atoms with Crippen molar-refractivity contribution in [1.82, 2.24) is 5.01 Å². The van der Waals surface area contributed by atoms with Crippen molar-refractivity contribution in [3.63, 3.8) is 0 Å². The van der Waals surface area contributed by atoms with Gasteiger partial charge in [0.1, 0.15) is 0 Å². The molecule has 0 aromatic carbocycles. The molecule has 2 fully saturated rings. The highest BCUT2D eigenvalue weighted by Gasteiger charge is 2.29. The molecule has 2 aliphatic rings. The average molecular weight is 142 g/mol. The van der Waals surface area contributed by atoms with Gasteiger partial charge in [0.25, 0.3) is 0 Å². The second kappa shape index (κ2) is 2.49. The van der Waals surface area contributed by atoms with Crippen LogP contribution in [0.1, 0.15) is 19.3 Å². The lowest BCUT2D eigenvalue weighted by molar-refractivity contribution is 0.0461. The lowest BCUT2D eigenvalue weighted by atomic mass is 10.3. The van der Waals surface area contributed by atoms with E-state index in [1.54, 1.807) is 0 Å². The number of nitrogens with zero attached hydrogens (tertiary/aromatic N) is 1. The van der Waals surface area contributed by atoms with Gasteiger partial charge in [-0.15, -0.1) is 0 Å². The van der Waals surface area contributed by atoms with Crippen molar-refractivity contribution in [2.75, 3.05) is 13.1 Å². The van der Waals surface area contributed by atoms with E-state index in [2.05, 4.69) is 0 Å². The standard InChI is InChI=1S/C7H14N2O/c8-9-4-3-7(5-9)10-6-1-2-6/h6-7H,1-5,8H2. The van der Waals surface area contributed by atoms with Crippen molar-refractivity contribution < 1.29 is 4.74 Å². The zero-order valence-electron chi connectivity index (χ0n) is 6.12. The third-order valence-corrected chi connectivity index (χ3v) is 2.09. The Morgan fingerprint density at radius 2 is 2.00 bits per heavy atom. The Balaban J connectivity index is 1.72. The molecule has 0 amide bonds. The van der Waals surface area contributed by atoms with Gasteiger partial charge in [-0.05, 0) is 19.3 Å². The summed E-state index contributed by atoms with van der Waals surface area (Å²) in [5.41, 5.74) is 0. The van der Waals surface area contributed by atoms with Crippen LogP contribution in [0.2, 0.25) is 0 Å². The summed E-state index contributed by atoms with van der Waals surface area (Å²) >= 11 is 0. The summed E-state index contributed by atoms with van der Waals surface area (Å²) in [4.78, 5) is 0. The van der Waals surface area contributed by atoms with Crippen molar-refractivity contribution in [2.45, 2.75) is 31.5 Å². The van der Waals surface area contributed by atoms with Crippen LogP contribution in [0, 0.1) is 0 Å². The van der Waals surface area contributed by atoms with E-state index in [1.165, 1.54) is 12.8 Å². The van der Waals surface area contributed by atoms with E-state index in [4.69, 9.17) is 10.6 Å². The summed E-state index contributed by atoms with van der Waals surface area (Å²) in [6, 6.07) is 0. The molecule has 0 bridgehead atoms. The molecule has 0 spiro atoms. The summed E-state index contributed by atoms with van der Waals surface area (Å²) in [5.74, 6) is 5.57. The van der Waals surface area contributed by atoms with Crippen molar-refractivity contribution in [3.05, 3.63) is 0 Å². The van der Waals surface area contributed by atoms with Crippen LogP contribution in [0.15, 0.2) is 0 Å². The summed E-state index contributed by atoms with van der Waals surface area (Å²) in [5, 5.41) is 1.84. The average Bonchev–Trinajstić information content (AvgIpc) is 2.59. The number of ether oxygens (including phenoxy) is 1. The maximum absolute atomic E-state index is 5.67. The number of nitrogens with two attached hydrogens (primary N) is 1. The topological polar surface area (TPSA) is 38.5 Å². The van der Waals surface area contributed by atoms with E-state index in [0.29, 0.717) is 12.2 Å². The summed E-state index contributed by atoms with van der Waals surface area (Å²) < 4.78 is 5.67. The smallest absolute Gasteiger partial charge is 0.0732 e. The van der Waals surface area contributed by atoms with Crippen molar-refractivity contribution in [3.8, 4) is 0 Å². The van der Waals surface area contributed by atoms with Crippen LogP contribution in [0.5, 0.6) is 0 Å². The maximum atomic E-state index is 5.67. The van der Waals surface area contributed by atoms with Gasteiger partial charge in [0.2, 0.25) is 0 Å². The van der Waals surface area contributed by atoms with Crippen LogP contribution in [-0.4, -0.2) is 30.3 Å². The highest BCUT2D eigenvalue weighted by molar-refractivity contribution is 4.79. The number of hydrazine groups is 1. The molecular weight excluding hydrogens is 128 g/mol. The first-order chi connectivity index (χ1) is 4.84. The monoisotopic (exact) mass is 142 g/mol. The molecule has 0 radical (unpaired) electrons. The molecule has 3 heteroatoms. The van der Waals surface area contributed by atoms with E-state index >= 15 is 0 Å². The Bertz CT molecular complexity index is 125. The summed E-state index contributed by atoms with van der Waals surface area (Å²) in [7, 11) is 0. The SMILES string of the molecule is NN1CCC(OC2CC2)C1. The van der Waals surface area contributed by atoms with Crippen LogP contribution in [0.25, 0.3) is 0 Å². The van der Waals surface area contributed by atoms with Gasteiger partial charge in [0, 0.05) is 13.1 Å². The van der Waals surface area contributed by atoms with E-state index in [0.717, 1.165) is 19.5 Å². The molecule has 1 atom stereocenters. The third-order valence-electron chi connectivity index (χ3n) is 2.09. The zero-order valence-corrected chi connectivity index (χ0v) is 6.12. The Morgan fingerprint density at radius 3 is 2.50 bits per heavy atom. The molecule has 1 heterocycles. The van der Waals surface area contributed by atoms with Crippen LogP contribution in [0.4, 0.5) is 0 Å². The van der Waals surface area contributed by atoms with Crippen molar-refractivity contribution in [1.29, 1.82) is 0 Å². The minimum Gasteiger partial charge on any atom is -0.374 e. The number of rotatable bonds is 2. The predicted molar refractivity (Wildman–Crippen MR) is 38.3 cm³/mol. The zero-order chi connectivity index (χ0) is 6.97. The maximum Gasteiger partial charge on any atom is 0.0732 e. The highest BCUT2D eigenvalue weighted by Crippen LogP contribution is 2.27. The summed E-state index contributed by atoms with van der Waals surface area (Å²) in [6.07, 6.45) is 4.66. The second-order valence-corrected chi connectivity index (χ2v) is 3.24. The molecule has 58 valence electrons.